The normalized spacial score (nSPS) is 14.6. The van der Waals surface area contributed by atoms with Crippen molar-refractivity contribution in [2.24, 2.45) is 0 Å². The third-order valence-corrected chi connectivity index (χ3v) is 4.55. The van der Waals surface area contributed by atoms with Crippen LogP contribution in [0.4, 0.5) is 10.2 Å². The van der Waals surface area contributed by atoms with E-state index in [0.717, 1.165) is 0 Å². The van der Waals surface area contributed by atoms with Gasteiger partial charge in [-0.15, -0.1) is 0 Å². The molecule has 8 heteroatoms. The number of hydrogen-bond acceptors (Lipinski definition) is 4. The second-order valence-electron chi connectivity index (χ2n) is 5.58. The number of amides is 1. The van der Waals surface area contributed by atoms with Gasteiger partial charge in [-0.2, -0.15) is 0 Å². The van der Waals surface area contributed by atoms with E-state index in [1.165, 1.54) is 25.4 Å². The van der Waals surface area contributed by atoms with E-state index in [1.807, 2.05) is 4.90 Å². The number of carbonyl (C=O) groups is 1. The van der Waals surface area contributed by atoms with Gasteiger partial charge in [0.05, 0.1) is 22.7 Å². The fraction of sp³-hybridized carbons (Fsp3) is 0.294. The highest BCUT2D eigenvalue weighted by atomic mass is 35.5. The second-order valence-corrected chi connectivity index (χ2v) is 6.43. The van der Waals surface area contributed by atoms with Gasteiger partial charge in [-0.3, -0.25) is 4.79 Å². The third kappa shape index (κ3) is 3.80. The zero-order valence-electron chi connectivity index (χ0n) is 13.5. The summed E-state index contributed by atoms with van der Waals surface area (Å²) in [6, 6.07) is 5.86. The first-order valence-corrected chi connectivity index (χ1v) is 8.44. The number of carbonyl (C=O) groups excluding carboxylic acids is 1. The number of rotatable bonds is 3. The van der Waals surface area contributed by atoms with Gasteiger partial charge in [-0.1, -0.05) is 23.2 Å². The summed E-state index contributed by atoms with van der Waals surface area (Å²) in [7, 11) is 1.45. The third-order valence-electron chi connectivity index (χ3n) is 4.06. The fourth-order valence-corrected chi connectivity index (χ4v) is 3.23. The van der Waals surface area contributed by atoms with Crippen LogP contribution in [0, 0.1) is 5.82 Å². The van der Waals surface area contributed by atoms with Gasteiger partial charge in [-0.05, 0) is 18.2 Å². The Hall–Kier alpha value is -2.05. The number of methoxy groups -OCH3 is 1. The van der Waals surface area contributed by atoms with E-state index in [0.29, 0.717) is 47.8 Å². The number of hydrogen-bond donors (Lipinski definition) is 0. The van der Waals surface area contributed by atoms with Gasteiger partial charge in [0.1, 0.15) is 17.4 Å². The minimum absolute atomic E-state index is 0.0388. The molecular formula is C17H16Cl2FN3O2. The average Bonchev–Trinajstić information content (AvgIpc) is 2.61. The van der Waals surface area contributed by atoms with Crippen molar-refractivity contribution >= 4 is 34.9 Å². The van der Waals surface area contributed by atoms with Gasteiger partial charge in [0, 0.05) is 38.4 Å². The molecule has 5 nitrogen and oxygen atoms in total. The molecule has 0 spiro atoms. The topological polar surface area (TPSA) is 45.7 Å². The molecule has 1 aliphatic heterocycles. The molecule has 0 N–H and O–H groups in total. The molecule has 2 heterocycles. The number of aromatic nitrogens is 1. The fourth-order valence-electron chi connectivity index (χ4n) is 2.73. The molecule has 3 rings (SSSR count). The SMILES string of the molecule is COc1ccc(C(=O)N2CCN(c3ncc(Cl)cc3Cl)CC2)c(F)c1. The Morgan fingerprint density at radius 1 is 1.20 bits per heavy atom. The van der Waals surface area contributed by atoms with Crippen molar-refractivity contribution in [1.82, 2.24) is 9.88 Å². The molecule has 0 atom stereocenters. The summed E-state index contributed by atoms with van der Waals surface area (Å²) in [5.74, 6) is 0.0836. The van der Waals surface area contributed by atoms with Crippen molar-refractivity contribution in [3.63, 3.8) is 0 Å². The summed E-state index contributed by atoms with van der Waals surface area (Å²) in [5, 5.41) is 0.936. The molecule has 1 amide bonds. The summed E-state index contributed by atoms with van der Waals surface area (Å²) in [4.78, 5) is 20.4. The summed E-state index contributed by atoms with van der Waals surface area (Å²) in [6.07, 6.45) is 1.53. The Bertz CT molecular complexity index is 795. The Kier molecular flexibility index (Phi) is 5.30. The lowest BCUT2D eigenvalue weighted by Gasteiger charge is -2.35. The van der Waals surface area contributed by atoms with Crippen LogP contribution in [0.3, 0.4) is 0 Å². The first kappa shape index (κ1) is 17.8. The van der Waals surface area contributed by atoms with Crippen molar-refractivity contribution in [3.8, 4) is 5.75 Å². The zero-order valence-corrected chi connectivity index (χ0v) is 15.0. The zero-order chi connectivity index (χ0) is 18.0. The standard InChI is InChI=1S/C17H16Cl2FN3O2/c1-25-12-2-3-13(15(20)9-12)17(24)23-6-4-22(5-7-23)16-14(19)8-11(18)10-21-16/h2-3,8-10H,4-7H2,1H3. The summed E-state index contributed by atoms with van der Waals surface area (Å²) in [6.45, 7) is 2.01. The van der Waals surface area contributed by atoms with Crippen LogP contribution in [-0.2, 0) is 0 Å². The minimum atomic E-state index is -0.589. The summed E-state index contributed by atoms with van der Waals surface area (Å²) < 4.78 is 19.1. The van der Waals surface area contributed by atoms with Crippen LogP contribution in [-0.4, -0.2) is 49.1 Å². The molecule has 1 aliphatic rings. The van der Waals surface area contributed by atoms with Crippen LogP contribution < -0.4 is 9.64 Å². The molecule has 132 valence electrons. The van der Waals surface area contributed by atoms with Crippen molar-refractivity contribution in [3.05, 3.63) is 51.9 Å². The maximum Gasteiger partial charge on any atom is 0.256 e. The van der Waals surface area contributed by atoms with Gasteiger partial charge in [-0.25, -0.2) is 9.37 Å². The van der Waals surface area contributed by atoms with Crippen LogP contribution in [0.5, 0.6) is 5.75 Å². The number of piperazine rings is 1. The highest BCUT2D eigenvalue weighted by Gasteiger charge is 2.25. The van der Waals surface area contributed by atoms with Crippen LogP contribution in [0.25, 0.3) is 0 Å². The smallest absolute Gasteiger partial charge is 0.256 e. The minimum Gasteiger partial charge on any atom is -0.497 e. The van der Waals surface area contributed by atoms with E-state index in [1.54, 1.807) is 17.0 Å². The molecule has 0 aliphatic carbocycles. The van der Waals surface area contributed by atoms with E-state index in [-0.39, 0.29) is 11.5 Å². The Morgan fingerprint density at radius 2 is 1.92 bits per heavy atom. The Labute approximate surface area is 154 Å². The van der Waals surface area contributed by atoms with Gasteiger partial charge in [0.15, 0.2) is 0 Å². The molecule has 1 saturated heterocycles. The molecule has 25 heavy (non-hydrogen) atoms. The molecule has 0 saturated carbocycles. The van der Waals surface area contributed by atoms with Crippen molar-refractivity contribution in [2.45, 2.75) is 0 Å². The second kappa shape index (κ2) is 7.45. The van der Waals surface area contributed by atoms with Crippen LogP contribution in [0.15, 0.2) is 30.5 Å². The Morgan fingerprint density at radius 3 is 2.52 bits per heavy atom. The lowest BCUT2D eigenvalue weighted by Crippen LogP contribution is -2.49. The maximum absolute atomic E-state index is 14.1. The van der Waals surface area contributed by atoms with E-state index >= 15 is 0 Å². The molecule has 1 aromatic carbocycles. The van der Waals surface area contributed by atoms with Gasteiger partial charge in [0.25, 0.3) is 5.91 Å². The summed E-state index contributed by atoms with van der Waals surface area (Å²) >= 11 is 12.0. The highest BCUT2D eigenvalue weighted by Crippen LogP contribution is 2.27. The van der Waals surface area contributed by atoms with Gasteiger partial charge in [0.2, 0.25) is 0 Å². The van der Waals surface area contributed by atoms with Crippen molar-refractivity contribution in [2.75, 3.05) is 38.2 Å². The first-order chi connectivity index (χ1) is 12.0. The van der Waals surface area contributed by atoms with E-state index in [4.69, 9.17) is 27.9 Å². The van der Waals surface area contributed by atoms with Gasteiger partial charge >= 0.3 is 0 Å². The average molecular weight is 384 g/mol. The molecule has 1 fully saturated rings. The molecule has 2 aromatic rings. The lowest BCUT2D eigenvalue weighted by molar-refractivity contribution is 0.0742. The largest absolute Gasteiger partial charge is 0.497 e. The van der Waals surface area contributed by atoms with Crippen LogP contribution in [0.1, 0.15) is 10.4 Å². The number of anilines is 1. The molecule has 0 unspecified atom stereocenters. The Balaban J connectivity index is 1.68. The van der Waals surface area contributed by atoms with Gasteiger partial charge < -0.3 is 14.5 Å². The monoisotopic (exact) mass is 383 g/mol. The quantitative estimate of drug-likeness (QED) is 0.813. The van der Waals surface area contributed by atoms with E-state index < -0.39 is 5.82 Å². The number of nitrogens with zero attached hydrogens (tertiary/aromatic N) is 3. The maximum atomic E-state index is 14.1. The predicted molar refractivity (Wildman–Crippen MR) is 95.3 cm³/mol. The lowest BCUT2D eigenvalue weighted by atomic mass is 10.1. The first-order valence-electron chi connectivity index (χ1n) is 7.68. The summed E-state index contributed by atoms with van der Waals surface area (Å²) in [5.41, 5.74) is 0.0388. The van der Waals surface area contributed by atoms with E-state index in [9.17, 15) is 9.18 Å². The number of benzene rings is 1. The van der Waals surface area contributed by atoms with Crippen molar-refractivity contribution < 1.29 is 13.9 Å². The van der Waals surface area contributed by atoms with Crippen LogP contribution >= 0.6 is 23.2 Å². The predicted octanol–water partition coefficient (Wildman–Crippen LogP) is 3.50. The van der Waals surface area contributed by atoms with Crippen LogP contribution in [0.2, 0.25) is 10.0 Å². The molecule has 1 aromatic heterocycles. The number of pyridine rings is 1. The number of ether oxygens (including phenoxy) is 1. The highest BCUT2D eigenvalue weighted by molar-refractivity contribution is 6.36. The molecular weight excluding hydrogens is 368 g/mol. The number of halogens is 3. The molecule has 0 bridgehead atoms. The van der Waals surface area contributed by atoms with E-state index in [2.05, 4.69) is 4.98 Å². The molecule has 0 radical (unpaired) electrons. The van der Waals surface area contributed by atoms with Crippen molar-refractivity contribution in [1.29, 1.82) is 0 Å².